The van der Waals surface area contributed by atoms with E-state index in [0.29, 0.717) is 5.69 Å². The first kappa shape index (κ1) is 24.3. The molecule has 1 aliphatic rings. The van der Waals surface area contributed by atoms with Crippen molar-refractivity contribution in [3.05, 3.63) is 123 Å². The second-order valence-electron chi connectivity index (χ2n) is 9.18. The summed E-state index contributed by atoms with van der Waals surface area (Å²) in [6.07, 6.45) is -5.02. The number of carbonyl (C=O) groups excluding carboxylic acids is 1. The minimum atomic E-state index is -5.02. The van der Waals surface area contributed by atoms with Gasteiger partial charge in [0.1, 0.15) is 16.9 Å². The van der Waals surface area contributed by atoms with E-state index in [-0.39, 0.29) is 34.0 Å². The third-order valence-electron chi connectivity index (χ3n) is 6.96. The van der Waals surface area contributed by atoms with Gasteiger partial charge in [0.2, 0.25) is 5.91 Å². The number of nitrogens with two attached hydrogens (primary N) is 1. The molecular formula is C28H21F3N6O2. The Bertz CT molecular complexity index is 1790. The van der Waals surface area contributed by atoms with Crippen LogP contribution in [0.25, 0.3) is 11.4 Å². The zero-order valence-corrected chi connectivity index (χ0v) is 20.5. The van der Waals surface area contributed by atoms with Crippen molar-refractivity contribution in [3.8, 4) is 11.4 Å². The number of nitrogens with zero attached hydrogens (tertiary/aromatic N) is 3. The van der Waals surface area contributed by atoms with E-state index in [2.05, 4.69) is 15.5 Å². The molecule has 0 radical (unpaired) electrons. The van der Waals surface area contributed by atoms with Crippen LogP contribution in [0, 0.1) is 6.92 Å². The summed E-state index contributed by atoms with van der Waals surface area (Å²) in [5, 5.41) is 9.42. The number of aryl methyl sites for hydroxylation is 1. The number of fused-ring (bicyclic) bond motifs is 1. The lowest BCUT2D eigenvalue weighted by Crippen LogP contribution is -2.43. The summed E-state index contributed by atoms with van der Waals surface area (Å²) < 4.78 is 46.3. The molecule has 3 heterocycles. The van der Waals surface area contributed by atoms with Crippen molar-refractivity contribution >= 4 is 17.4 Å². The van der Waals surface area contributed by atoms with Gasteiger partial charge in [-0.2, -0.15) is 18.3 Å². The zero-order chi connectivity index (χ0) is 27.5. The number of hydrogen-bond acceptors (Lipinski definition) is 4. The number of benzene rings is 3. The number of anilines is 2. The molecule has 4 N–H and O–H groups in total. The van der Waals surface area contributed by atoms with Crippen molar-refractivity contribution in [2.75, 3.05) is 11.1 Å². The maximum atomic E-state index is 14.7. The number of nitrogens with one attached hydrogen (secondary N) is 2. The van der Waals surface area contributed by atoms with E-state index in [9.17, 15) is 22.8 Å². The van der Waals surface area contributed by atoms with Crippen molar-refractivity contribution in [2.24, 2.45) is 0 Å². The fraction of sp³-hybridized carbons (Fsp3) is 0.107. The number of hydrogen-bond donors (Lipinski definition) is 3. The number of amides is 1. The van der Waals surface area contributed by atoms with Gasteiger partial charge in [0.15, 0.2) is 0 Å². The van der Waals surface area contributed by atoms with Gasteiger partial charge in [-0.3, -0.25) is 14.7 Å². The van der Waals surface area contributed by atoms with Gasteiger partial charge in [-0.05, 0) is 37.3 Å². The van der Waals surface area contributed by atoms with Crippen molar-refractivity contribution in [2.45, 2.75) is 18.5 Å². The molecule has 196 valence electrons. The summed E-state index contributed by atoms with van der Waals surface area (Å²) in [7, 11) is 0. The summed E-state index contributed by atoms with van der Waals surface area (Å²) in [6.45, 7) is 1.55. The SMILES string of the molecule is Cc1nn(-c2ccccc2)c(N)c1C1(c2c(C(F)(F)F)[nH]n(-c3ccccc3)c2=O)C(=O)Nc2ccccc21. The van der Waals surface area contributed by atoms with Crippen LogP contribution in [0.2, 0.25) is 0 Å². The average molecular weight is 531 g/mol. The molecule has 1 aliphatic heterocycles. The van der Waals surface area contributed by atoms with Gasteiger partial charge in [-0.15, -0.1) is 0 Å². The van der Waals surface area contributed by atoms with Crippen molar-refractivity contribution in [1.29, 1.82) is 0 Å². The van der Waals surface area contributed by atoms with E-state index in [1.54, 1.807) is 73.7 Å². The molecule has 0 bridgehead atoms. The van der Waals surface area contributed by atoms with Crippen LogP contribution in [0.1, 0.15) is 28.1 Å². The van der Waals surface area contributed by atoms with Gasteiger partial charge in [0.25, 0.3) is 5.56 Å². The van der Waals surface area contributed by atoms with Crippen molar-refractivity contribution < 1.29 is 18.0 Å². The minimum absolute atomic E-state index is 0.00406. The number of halogens is 3. The number of H-pyrrole nitrogens is 1. The number of rotatable bonds is 4. The highest BCUT2D eigenvalue weighted by Crippen LogP contribution is 2.52. The van der Waals surface area contributed by atoms with Crippen molar-refractivity contribution in [3.63, 3.8) is 0 Å². The molecule has 6 rings (SSSR count). The summed E-state index contributed by atoms with van der Waals surface area (Å²) in [5.74, 6) is -0.904. The van der Waals surface area contributed by atoms with Gasteiger partial charge in [0, 0.05) is 16.8 Å². The van der Waals surface area contributed by atoms with Gasteiger partial charge in [0.05, 0.1) is 22.6 Å². The van der Waals surface area contributed by atoms with E-state index >= 15 is 0 Å². The molecule has 0 saturated carbocycles. The Labute approximate surface area is 219 Å². The smallest absolute Gasteiger partial charge is 0.383 e. The molecule has 1 unspecified atom stereocenters. The molecule has 39 heavy (non-hydrogen) atoms. The minimum Gasteiger partial charge on any atom is -0.383 e. The summed E-state index contributed by atoms with van der Waals surface area (Å²) >= 11 is 0. The Balaban J connectivity index is 1.77. The molecule has 0 fully saturated rings. The monoisotopic (exact) mass is 530 g/mol. The first-order valence-electron chi connectivity index (χ1n) is 12.0. The van der Waals surface area contributed by atoms with Crippen LogP contribution in [0.4, 0.5) is 24.7 Å². The fourth-order valence-electron chi connectivity index (χ4n) is 5.40. The van der Waals surface area contributed by atoms with Crippen LogP contribution in [0.15, 0.2) is 89.7 Å². The quantitative estimate of drug-likeness (QED) is 0.317. The van der Waals surface area contributed by atoms with E-state index in [4.69, 9.17) is 5.73 Å². The van der Waals surface area contributed by atoms with Crippen LogP contribution in [-0.4, -0.2) is 25.5 Å². The Morgan fingerprint density at radius 1 is 0.846 bits per heavy atom. The van der Waals surface area contributed by atoms with Crippen LogP contribution in [0.3, 0.4) is 0 Å². The van der Waals surface area contributed by atoms with Crippen LogP contribution in [-0.2, 0) is 16.4 Å². The van der Waals surface area contributed by atoms with E-state index in [1.807, 2.05) is 0 Å². The third kappa shape index (κ3) is 3.43. The Kier molecular flexibility index (Phi) is 5.28. The number of aromatic amines is 1. The largest absolute Gasteiger partial charge is 0.433 e. The van der Waals surface area contributed by atoms with Gasteiger partial charge < -0.3 is 11.1 Å². The molecule has 1 amide bonds. The first-order chi connectivity index (χ1) is 18.7. The van der Waals surface area contributed by atoms with Gasteiger partial charge in [-0.1, -0.05) is 54.6 Å². The molecule has 5 aromatic rings. The maximum absolute atomic E-state index is 14.7. The highest BCUT2D eigenvalue weighted by molar-refractivity contribution is 6.12. The number of nitrogen functional groups attached to an aromatic ring is 1. The number of aromatic nitrogens is 4. The topological polar surface area (TPSA) is 111 Å². The van der Waals surface area contributed by atoms with E-state index in [0.717, 1.165) is 4.68 Å². The first-order valence-corrected chi connectivity index (χ1v) is 12.0. The normalized spacial score (nSPS) is 16.8. The zero-order valence-electron chi connectivity index (χ0n) is 20.5. The number of alkyl halides is 3. The summed E-state index contributed by atoms with van der Waals surface area (Å²) in [4.78, 5) is 28.1. The van der Waals surface area contributed by atoms with Crippen molar-refractivity contribution in [1.82, 2.24) is 19.6 Å². The third-order valence-corrected chi connectivity index (χ3v) is 6.96. The molecule has 11 heteroatoms. The molecule has 0 saturated heterocycles. The fourth-order valence-corrected chi connectivity index (χ4v) is 5.40. The number of para-hydroxylation sites is 3. The molecule has 8 nitrogen and oxygen atoms in total. The second-order valence-corrected chi connectivity index (χ2v) is 9.18. The molecular weight excluding hydrogens is 509 g/mol. The van der Waals surface area contributed by atoms with Gasteiger partial charge in [-0.25, -0.2) is 9.36 Å². The van der Waals surface area contributed by atoms with Crippen LogP contribution >= 0.6 is 0 Å². The predicted molar refractivity (Wildman–Crippen MR) is 139 cm³/mol. The predicted octanol–water partition coefficient (Wildman–Crippen LogP) is 4.55. The number of carbonyl (C=O) groups is 1. The molecule has 2 aromatic heterocycles. The second kappa shape index (κ2) is 8.48. The standard InChI is InChI=1S/C28H21F3N6O2/c1-16-21(24(32)36(34-16)17-10-4-2-5-11-17)27(19-14-8-9-15-20(19)33-26(27)39)22-23(28(29,30)31)35-37(25(22)38)18-12-6-3-7-13-18/h2-15,35H,32H2,1H3,(H,33,39). The lowest BCUT2D eigenvalue weighted by atomic mass is 9.69. The average Bonchev–Trinajstić information content (AvgIpc) is 3.53. The Hall–Kier alpha value is -5.06. The van der Waals surface area contributed by atoms with Crippen LogP contribution < -0.4 is 16.6 Å². The highest BCUT2D eigenvalue weighted by Gasteiger charge is 2.58. The lowest BCUT2D eigenvalue weighted by Gasteiger charge is -2.28. The molecule has 1 atom stereocenters. The molecule has 0 spiro atoms. The highest BCUT2D eigenvalue weighted by atomic mass is 19.4. The lowest BCUT2D eigenvalue weighted by molar-refractivity contribution is -0.142. The Morgan fingerprint density at radius 2 is 1.44 bits per heavy atom. The maximum Gasteiger partial charge on any atom is 0.433 e. The van der Waals surface area contributed by atoms with Gasteiger partial charge >= 0.3 is 6.18 Å². The molecule has 3 aromatic carbocycles. The van der Waals surface area contributed by atoms with E-state index < -0.39 is 34.3 Å². The van der Waals surface area contributed by atoms with Crippen LogP contribution in [0.5, 0.6) is 0 Å². The molecule has 0 aliphatic carbocycles. The van der Waals surface area contributed by atoms with E-state index in [1.165, 1.54) is 22.9 Å². The Morgan fingerprint density at radius 3 is 2.08 bits per heavy atom. The summed E-state index contributed by atoms with van der Waals surface area (Å²) in [5.41, 5.74) is 2.52. The summed E-state index contributed by atoms with van der Waals surface area (Å²) in [6, 6.07) is 22.9.